The van der Waals surface area contributed by atoms with Crippen LogP contribution in [-0.2, 0) is 41.7 Å². The number of amides is 1. The van der Waals surface area contributed by atoms with Gasteiger partial charge >= 0.3 is 0 Å². The maximum atomic E-state index is 12.5. The fourth-order valence-electron chi connectivity index (χ4n) is 3.22. The highest BCUT2D eigenvalue weighted by molar-refractivity contribution is 7.90. The molecule has 0 aliphatic rings. The van der Waals surface area contributed by atoms with Crippen LogP contribution < -0.4 is 9.94 Å². The molecule has 9 nitrogen and oxygen atoms in total. The second kappa shape index (κ2) is 10.7. The van der Waals surface area contributed by atoms with E-state index in [1.165, 1.54) is 12.1 Å². The number of sulfonamides is 1. The standard InChI is InChI=1S/C21H25N3O6S3/c1-30-12-11-24-18-10-9-17(33(22,28)29)14-19(18)31-21(24)23-20(25)8-5-13-32(26,27)15-16-6-3-2-4-7-16/h2-4,6-7,9-10,14H,5,8,11-13,15H2,1H3,(H2,22,28,29). The smallest absolute Gasteiger partial charge is 0.248 e. The zero-order chi connectivity index (χ0) is 24.1. The number of primary sulfonamides is 1. The number of methoxy groups -OCH3 is 1. The molecular formula is C21H25N3O6S3. The number of carbonyl (C=O) groups is 1. The molecule has 2 aromatic carbocycles. The number of nitrogens with zero attached hydrogens (tertiary/aromatic N) is 2. The SMILES string of the molecule is COCCn1c(=NC(=O)CCCS(=O)(=O)Cc2ccccc2)sc2cc(S(N)(=O)=O)ccc21. The van der Waals surface area contributed by atoms with Crippen LogP contribution in [0.5, 0.6) is 0 Å². The number of nitrogens with two attached hydrogens (primary N) is 1. The third-order valence-electron chi connectivity index (χ3n) is 4.80. The van der Waals surface area contributed by atoms with Gasteiger partial charge in [0.25, 0.3) is 0 Å². The van der Waals surface area contributed by atoms with Crippen LogP contribution in [0.25, 0.3) is 10.2 Å². The summed E-state index contributed by atoms with van der Waals surface area (Å²) in [6, 6.07) is 13.3. The largest absolute Gasteiger partial charge is 0.383 e. The van der Waals surface area contributed by atoms with Crippen molar-refractivity contribution in [2.24, 2.45) is 10.1 Å². The Morgan fingerprint density at radius 1 is 1.12 bits per heavy atom. The van der Waals surface area contributed by atoms with Gasteiger partial charge in [-0.25, -0.2) is 22.0 Å². The fraction of sp³-hybridized carbons (Fsp3) is 0.333. The van der Waals surface area contributed by atoms with Crippen LogP contribution in [-0.4, -0.2) is 46.8 Å². The van der Waals surface area contributed by atoms with Gasteiger partial charge in [0.1, 0.15) is 0 Å². The van der Waals surface area contributed by atoms with Gasteiger partial charge in [-0.15, -0.1) is 0 Å². The van der Waals surface area contributed by atoms with E-state index >= 15 is 0 Å². The molecule has 33 heavy (non-hydrogen) atoms. The lowest BCUT2D eigenvalue weighted by Gasteiger charge is -2.05. The average molecular weight is 512 g/mol. The Balaban J connectivity index is 1.77. The molecule has 1 amide bonds. The lowest BCUT2D eigenvalue weighted by atomic mass is 10.2. The Bertz CT molecular complexity index is 1410. The van der Waals surface area contributed by atoms with Crippen molar-refractivity contribution in [3.63, 3.8) is 0 Å². The van der Waals surface area contributed by atoms with Crippen molar-refractivity contribution >= 4 is 47.3 Å². The highest BCUT2D eigenvalue weighted by Gasteiger charge is 2.15. The normalized spacial score (nSPS) is 13.0. The lowest BCUT2D eigenvalue weighted by Crippen LogP contribution is -2.19. The highest BCUT2D eigenvalue weighted by atomic mass is 32.2. The predicted molar refractivity (Wildman–Crippen MR) is 127 cm³/mol. The molecule has 0 bridgehead atoms. The molecule has 3 aromatic rings. The first kappa shape index (κ1) is 25.2. The van der Waals surface area contributed by atoms with Gasteiger partial charge in [0.05, 0.1) is 33.2 Å². The van der Waals surface area contributed by atoms with Gasteiger partial charge in [0.2, 0.25) is 15.9 Å². The molecule has 0 aliphatic carbocycles. The van der Waals surface area contributed by atoms with Gasteiger partial charge in [-0.05, 0) is 30.2 Å². The first-order valence-electron chi connectivity index (χ1n) is 10.1. The molecular weight excluding hydrogens is 486 g/mol. The molecule has 0 spiro atoms. The van der Waals surface area contributed by atoms with Gasteiger partial charge in [-0.3, -0.25) is 4.79 Å². The summed E-state index contributed by atoms with van der Waals surface area (Å²) >= 11 is 1.16. The topological polar surface area (TPSA) is 138 Å². The molecule has 0 atom stereocenters. The molecule has 0 fully saturated rings. The molecule has 12 heteroatoms. The molecule has 0 saturated heterocycles. The Hall–Kier alpha value is -2.38. The van der Waals surface area contributed by atoms with Crippen LogP contribution in [0.3, 0.4) is 0 Å². The minimum atomic E-state index is -3.87. The van der Waals surface area contributed by atoms with Crippen LogP contribution in [0.15, 0.2) is 58.4 Å². The fourth-order valence-corrected chi connectivity index (χ4v) is 6.38. The van der Waals surface area contributed by atoms with Crippen LogP contribution in [0.2, 0.25) is 0 Å². The van der Waals surface area contributed by atoms with Crippen molar-refractivity contribution in [3.8, 4) is 0 Å². The van der Waals surface area contributed by atoms with E-state index in [9.17, 15) is 21.6 Å². The third-order valence-corrected chi connectivity index (χ3v) is 8.43. The maximum absolute atomic E-state index is 12.5. The summed E-state index contributed by atoms with van der Waals surface area (Å²) in [5, 5.41) is 5.22. The summed E-state index contributed by atoms with van der Waals surface area (Å²) in [7, 11) is -5.66. The van der Waals surface area contributed by atoms with Crippen LogP contribution in [0.4, 0.5) is 0 Å². The minimum absolute atomic E-state index is 0.0189. The van der Waals surface area contributed by atoms with E-state index in [2.05, 4.69) is 4.99 Å². The number of aromatic nitrogens is 1. The Morgan fingerprint density at radius 3 is 2.52 bits per heavy atom. The number of benzene rings is 2. The van der Waals surface area contributed by atoms with E-state index < -0.39 is 25.8 Å². The van der Waals surface area contributed by atoms with Gasteiger partial charge in [-0.2, -0.15) is 4.99 Å². The van der Waals surface area contributed by atoms with Crippen LogP contribution in [0.1, 0.15) is 18.4 Å². The predicted octanol–water partition coefficient (Wildman–Crippen LogP) is 1.82. The van der Waals surface area contributed by atoms with E-state index in [0.29, 0.717) is 33.7 Å². The highest BCUT2D eigenvalue weighted by Crippen LogP contribution is 2.21. The van der Waals surface area contributed by atoms with E-state index in [1.54, 1.807) is 42.0 Å². The summed E-state index contributed by atoms with van der Waals surface area (Å²) in [6.45, 7) is 0.769. The zero-order valence-corrected chi connectivity index (χ0v) is 20.5. The minimum Gasteiger partial charge on any atom is -0.383 e. The number of hydrogen-bond acceptors (Lipinski definition) is 7. The average Bonchev–Trinajstić information content (AvgIpc) is 3.07. The number of rotatable bonds is 10. The molecule has 1 heterocycles. The molecule has 0 aliphatic heterocycles. The number of sulfone groups is 1. The zero-order valence-electron chi connectivity index (χ0n) is 18.0. The number of ether oxygens (including phenoxy) is 1. The molecule has 0 radical (unpaired) electrons. The van der Waals surface area contributed by atoms with Gasteiger partial charge in [0.15, 0.2) is 14.6 Å². The third kappa shape index (κ3) is 7.05. The Kier molecular flexibility index (Phi) is 8.19. The van der Waals surface area contributed by atoms with Crippen LogP contribution in [0, 0.1) is 0 Å². The van der Waals surface area contributed by atoms with Crippen molar-refractivity contribution < 1.29 is 26.4 Å². The first-order valence-corrected chi connectivity index (χ1v) is 14.2. The van der Waals surface area contributed by atoms with Gasteiger partial charge in [-0.1, -0.05) is 41.7 Å². The van der Waals surface area contributed by atoms with Crippen LogP contribution >= 0.6 is 11.3 Å². The lowest BCUT2D eigenvalue weighted by molar-refractivity contribution is -0.118. The molecule has 178 valence electrons. The Morgan fingerprint density at radius 2 is 1.85 bits per heavy atom. The van der Waals surface area contributed by atoms with Crippen molar-refractivity contribution in [1.29, 1.82) is 0 Å². The van der Waals surface area contributed by atoms with Crippen molar-refractivity contribution in [1.82, 2.24) is 4.57 Å². The molecule has 3 rings (SSSR count). The number of hydrogen-bond donors (Lipinski definition) is 1. The monoisotopic (exact) mass is 511 g/mol. The summed E-state index contributed by atoms with van der Waals surface area (Å²) in [5.41, 5.74) is 1.40. The quantitative estimate of drug-likeness (QED) is 0.441. The molecule has 0 saturated carbocycles. The van der Waals surface area contributed by atoms with Gasteiger partial charge < -0.3 is 9.30 Å². The van der Waals surface area contributed by atoms with Crippen molar-refractivity contribution in [3.05, 3.63) is 58.9 Å². The van der Waals surface area contributed by atoms with Crippen molar-refractivity contribution in [2.75, 3.05) is 19.5 Å². The summed E-state index contributed by atoms with van der Waals surface area (Å²) in [5.74, 6) is -0.634. The number of fused-ring (bicyclic) bond motifs is 1. The second-order valence-corrected chi connectivity index (χ2v) is 12.1. The van der Waals surface area contributed by atoms with E-state index in [-0.39, 0.29) is 29.2 Å². The number of thiazole rings is 1. The van der Waals surface area contributed by atoms with E-state index in [4.69, 9.17) is 9.88 Å². The maximum Gasteiger partial charge on any atom is 0.248 e. The summed E-state index contributed by atoms with van der Waals surface area (Å²) in [6.07, 6.45) is 0.144. The van der Waals surface area contributed by atoms with E-state index in [0.717, 1.165) is 11.3 Å². The number of carbonyl (C=O) groups excluding carboxylic acids is 1. The van der Waals surface area contributed by atoms with Gasteiger partial charge in [0, 0.05) is 20.1 Å². The second-order valence-electron chi connectivity index (χ2n) is 7.39. The molecule has 0 unspecified atom stereocenters. The Labute approximate surface area is 196 Å². The van der Waals surface area contributed by atoms with E-state index in [1.807, 2.05) is 6.07 Å². The molecule has 2 N–H and O–H groups in total. The molecule has 1 aromatic heterocycles. The summed E-state index contributed by atoms with van der Waals surface area (Å²) in [4.78, 5) is 17.0. The summed E-state index contributed by atoms with van der Waals surface area (Å²) < 4.78 is 55.5. The van der Waals surface area contributed by atoms with Crippen molar-refractivity contribution in [2.45, 2.75) is 30.0 Å². The first-order chi connectivity index (χ1) is 15.6.